The average Bonchev–Trinajstić information content (AvgIpc) is 3.23. The van der Waals surface area contributed by atoms with E-state index in [1.165, 1.54) is 11.1 Å². The van der Waals surface area contributed by atoms with Crippen LogP contribution in [0.4, 0.5) is 0 Å². The molecule has 0 spiro atoms. The molecule has 0 N–H and O–H groups in total. The first-order chi connectivity index (χ1) is 16.0. The van der Waals surface area contributed by atoms with Gasteiger partial charge in [0, 0.05) is 0 Å². The van der Waals surface area contributed by atoms with E-state index in [0.717, 1.165) is 49.7 Å². The third kappa shape index (κ3) is 2.96. The second-order valence-corrected chi connectivity index (χ2v) is 12.9. The minimum Gasteiger partial charge on any atom is -0.454 e. The summed E-state index contributed by atoms with van der Waals surface area (Å²) in [4.78, 5) is 27.0. The monoisotopic (exact) mass is 462 g/mol. The summed E-state index contributed by atoms with van der Waals surface area (Å²) in [6.45, 7) is 13.5. The number of ether oxygens (including phenoxy) is 2. The molecule has 0 aromatic carbocycles. The molecule has 2 aliphatic heterocycles. The Morgan fingerprint density at radius 1 is 0.706 bits per heavy atom. The zero-order chi connectivity index (χ0) is 24.2. The lowest BCUT2D eigenvalue weighted by Gasteiger charge is -2.49. The number of hydrogen-bond donors (Lipinski definition) is 0. The van der Waals surface area contributed by atoms with Crippen LogP contribution >= 0.6 is 0 Å². The van der Waals surface area contributed by atoms with Gasteiger partial charge in [-0.25, -0.2) is 9.59 Å². The van der Waals surface area contributed by atoms with Gasteiger partial charge >= 0.3 is 11.9 Å². The Kier molecular flexibility index (Phi) is 4.74. The van der Waals surface area contributed by atoms with Crippen LogP contribution in [0.25, 0.3) is 0 Å². The SMILES string of the molecule is CC1=CC2CC3OC(=O)C(C4=C5C(CC6C=C(C)CCC6C5(C)C)OC4=O)=C3C(C)(C)C2CC1. The molecule has 4 heteroatoms. The van der Waals surface area contributed by atoms with Crippen LogP contribution in [-0.4, -0.2) is 24.1 Å². The van der Waals surface area contributed by atoms with E-state index in [4.69, 9.17) is 9.47 Å². The molecule has 4 aliphatic carbocycles. The van der Waals surface area contributed by atoms with E-state index in [1.54, 1.807) is 0 Å². The van der Waals surface area contributed by atoms with Gasteiger partial charge in [-0.2, -0.15) is 0 Å². The van der Waals surface area contributed by atoms with Crippen LogP contribution in [0.3, 0.4) is 0 Å². The van der Waals surface area contributed by atoms with E-state index in [0.29, 0.717) is 34.8 Å². The Morgan fingerprint density at radius 2 is 1.09 bits per heavy atom. The molecule has 34 heavy (non-hydrogen) atoms. The van der Waals surface area contributed by atoms with Gasteiger partial charge < -0.3 is 9.47 Å². The third-order valence-corrected chi connectivity index (χ3v) is 10.3. The zero-order valence-electron chi connectivity index (χ0n) is 21.5. The van der Waals surface area contributed by atoms with Crippen molar-refractivity contribution in [3.05, 3.63) is 45.6 Å². The van der Waals surface area contributed by atoms with Crippen molar-refractivity contribution in [2.75, 3.05) is 0 Å². The van der Waals surface area contributed by atoms with E-state index < -0.39 is 0 Å². The molecular formula is C30H38O4. The zero-order valence-corrected chi connectivity index (χ0v) is 21.5. The first-order valence-corrected chi connectivity index (χ1v) is 13.3. The van der Waals surface area contributed by atoms with Crippen LogP contribution in [0, 0.1) is 34.5 Å². The van der Waals surface area contributed by atoms with Crippen molar-refractivity contribution in [3.63, 3.8) is 0 Å². The molecule has 0 radical (unpaired) electrons. The maximum Gasteiger partial charge on any atom is 0.339 e. The summed E-state index contributed by atoms with van der Waals surface area (Å²) in [5.74, 6) is 1.14. The Labute approximate surface area is 203 Å². The average molecular weight is 463 g/mol. The van der Waals surface area contributed by atoms with Crippen molar-refractivity contribution in [1.82, 2.24) is 0 Å². The van der Waals surface area contributed by atoms with Crippen LogP contribution in [0.5, 0.6) is 0 Å². The summed E-state index contributed by atoms with van der Waals surface area (Å²) in [6, 6.07) is 0. The molecule has 6 aliphatic rings. The summed E-state index contributed by atoms with van der Waals surface area (Å²) in [5, 5.41) is 0. The number of hydrogen-bond acceptors (Lipinski definition) is 4. The number of carbonyl (C=O) groups is 2. The van der Waals surface area contributed by atoms with Gasteiger partial charge in [0.25, 0.3) is 0 Å². The fourth-order valence-electron chi connectivity index (χ4n) is 8.79. The number of carbonyl (C=O) groups excluding carboxylic acids is 2. The van der Waals surface area contributed by atoms with Crippen LogP contribution in [0.2, 0.25) is 0 Å². The minimum absolute atomic E-state index is 0.204. The van der Waals surface area contributed by atoms with Gasteiger partial charge in [0.2, 0.25) is 0 Å². The highest BCUT2D eigenvalue weighted by Gasteiger charge is 2.58. The summed E-state index contributed by atoms with van der Waals surface area (Å²) in [7, 11) is 0. The molecule has 2 saturated carbocycles. The molecule has 0 aromatic heterocycles. The smallest absolute Gasteiger partial charge is 0.339 e. The van der Waals surface area contributed by atoms with Crippen molar-refractivity contribution in [2.24, 2.45) is 34.5 Å². The maximum atomic E-state index is 13.5. The topological polar surface area (TPSA) is 52.6 Å². The summed E-state index contributed by atoms with van der Waals surface area (Å²) >= 11 is 0. The van der Waals surface area contributed by atoms with Gasteiger partial charge in [0.15, 0.2) is 0 Å². The predicted molar refractivity (Wildman–Crippen MR) is 131 cm³/mol. The highest BCUT2D eigenvalue weighted by molar-refractivity contribution is 6.11. The van der Waals surface area contributed by atoms with Crippen molar-refractivity contribution >= 4 is 11.9 Å². The van der Waals surface area contributed by atoms with Crippen LogP contribution < -0.4 is 0 Å². The van der Waals surface area contributed by atoms with Gasteiger partial charge in [-0.05, 0) is 98.0 Å². The predicted octanol–water partition coefficient (Wildman–Crippen LogP) is 6.24. The lowest BCUT2D eigenvalue weighted by molar-refractivity contribution is -0.144. The third-order valence-electron chi connectivity index (χ3n) is 10.3. The molecule has 6 atom stereocenters. The summed E-state index contributed by atoms with van der Waals surface area (Å²) in [5.41, 5.74) is 5.70. The van der Waals surface area contributed by atoms with Crippen molar-refractivity contribution in [2.45, 2.75) is 92.3 Å². The van der Waals surface area contributed by atoms with Crippen molar-refractivity contribution < 1.29 is 19.1 Å². The van der Waals surface area contributed by atoms with E-state index >= 15 is 0 Å². The fourth-order valence-corrected chi connectivity index (χ4v) is 8.79. The van der Waals surface area contributed by atoms with Crippen molar-refractivity contribution in [1.29, 1.82) is 0 Å². The quantitative estimate of drug-likeness (QED) is 0.342. The summed E-state index contributed by atoms with van der Waals surface area (Å²) in [6.07, 6.45) is 10.5. The lowest BCUT2D eigenvalue weighted by Crippen LogP contribution is -2.44. The Balaban J connectivity index is 1.51. The highest BCUT2D eigenvalue weighted by Crippen LogP contribution is 2.60. The van der Waals surface area contributed by atoms with Gasteiger partial charge in [0.05, 0.1) is 11.1 Å². The maximum absolute atomic E-state index is 13.5. The van der Waals surface area contributed by atoms with Gasteiger partial charge in [-0.1, -0.05) is 51.0 Å². The number of fused-ring (bicyclic) bond motifs is 4. The Morgan fingerprint density at radius 3 is 1.47 bits per heavy atom. The van der Waals surface area contributed by atoms with E-state index in [-0.39, 0.29) is 35.0 Å². The first kappa shape index (κ1) is 22.4. The number of rotatable bonds is 1. The molecular weight excluding hydrogens is 424 g/mol. The van der Waals surface area contributed by atoms with Crippen LogP contribution in [-0.2, 0) is 19.1 Å². The Bertz CT molecular complexity index is 1020. The largest absolute Gasteiger partial charge is 0.454 e. The van der Waals surface area contributed by atoms with E-state index in [9.17, 15) is 9.59 Å². The van der Waals surface area contributed by atoms with Gasteiger partial charge in [-0.3, -0.25) is 0 Å². The van der Waals surface area contributed by atoms with Crippen molar-refractivity contribution in [3.8, 4) is 0 Å². The summed E-state index contributed by atoms with van der Waals surface area (Å²) < 4.78 is 12.1. The first-order valence-electron chi connectivity index (χ1n) is 13.3. The molecule has 0 bridgehead atoms. The van der Waals surface area contributed by atoms with Crippen LogP contribution in [0.1, 0.15) is 80.1 Å². The molecule has 0 aromatic rings. The molecule has 0 amide bonds. The number of esters is 2. The Hall–Kier alpha value is -2.10. The minimum atomic E-state index is -0.315. The lowest BCUT2D eigenvalue weighted by atomic mass is 9.54. The van der Waals surface area contributed by atoms with E-state index in [1.807, 2.05) is 0 Å². The van der Waals surface area contributed by atoms with Gasteiger partial charge in [-0.15, -0.1) is 0 Å². The highest BCUT2D eigenvalue weighted by atomic mass is 16.6. The molecule has 2 fully saturated rings. The number of allylic oxidation sites excluding steroid dienone is 4. The standard InChI is InChI=1S/C30H38O4/c1-15-7-9-19-17(11-15)13-21-25(29(19,3)4)23(27(31)33-21)24-26-22(34-28(24)32)14-18-12-16(2)8-10-20(18)30(26,5)6/h11-12,17-22H,7-10,13-14H2,1-6H3. The molecule has 2 heterocycles. The normalized spacial score (nSPS) is 39.9. The molecule has 6 unspecified atom stereocenters. The second kappa shape index (κ2) is 7.21. The molecule has 6 rings (SSSR count). The molecule has 4 nitrogen and oxygen atoms in total. The fraction of sp³-hybridized carbons (Fsp3) is 0.667. The second-order valence-electron chi connectivity index (χ2n) is 12.9. The van der Waals surface area contributed by atoms with E-state index in [2.05, 4.69) is 53.7 Å². The van der Waals surface area contributed by atoms with Gasteiger partial charge in [0.1, 0.15) is 12.2 Å². The molecule has 0 saturated heterocycles. The van der Waals surface area contributed by atoms with Crippen LogP contribution in [0.15, 0.2) is 45.6 Å². The molecule has 182 valence electrons.